The van der Waals surface area contributed by atoms with E-state index in [4.69, 9.17) is 14.7 Å². The van der Waals surface area contributed by atoms with Gasteiger partial charge in [-0.05, 0) is 18.9 Å². The summed E-state index contributed by atoms with van der Waals surface area (Å²) in [5.74, 6) is -0.503. The van der Waals surface area contributed by atoms with Crippen molar-refractivity contribution in [2.24, 2.45) is 5.92 Å². The van der Waals surface area contributed by atoms with Crippen LogP contribution in [-0.4, -0.2) is 55.9 Å². The number of esters is 1. The van der Waals surface area contributed by atoms with Gasteiger partial charge in [-0.25, -0.2) is 4.79 Å². The number of anilines is 1. The quantitative estimate of drug-likeness (QED) is 0.392. The predicted octanol–water partition coefficient (Wildman–Crippen LogP) is -0.993. The molecule has 132 valence electrons. The van der Waals surface area contributed by atoms with E-state index in [1.165, 1.54) is 12.3 Å². The molecule has 4 atom stereocenters. The maximum Gasteiger partial charge on any atom is 0.351 e. The molecule has 1 aromatic heterocycles. The van der Waals surface area contributed by atoms with Crippen LogP contribution in [0.1, 0.15) is 25.5 Å². The molecule has 2 fully saturated rings. The summed E-state index contributed by atoms with van der Waals surface area (Å²) in [5.41, 5.74) is 0.954. The van der Waals surface area contributed by atoms with Gasteiger partial charge in [0, 0.05) is 6.20 Å². The van der Waals surface area contributed by atoms with Gasteiger partial charge < -0.3 is 19.7 Å². The van der Waals surface area contributed by atoms with E-state index in [9.17, 15) is 19.8 Å². The Labute approximate surface area is 136 Å². The van der Waals surface area contributed by atoms with E-state index in [1.54, 1.807) is 5.48 Å². The van der Waals surface area contributed by atoms with Crippen LogP contribution in [0.3, 0.4) is 0 Å². The molecule has 24 heavy (non-hydrogen) atoms. The number of aliphatic hydroxyl groups is 2. The SMILES string of the molecule is O=C(OC[C@H]1O[C@@H](n2ccc(NO)nc2=O)[C@H](O)[C@@H]1O)C1CCC1. The number of rotatable bonds is 5. The summed E-state index contributed by atoms with van der Waals surface area (Å²) < 4.78 is 11.6. The first-order chi connectivity index (χ1) is 11.5. The van der Waals surface area contributed by atoms with Crippen molar-refractivity contribution in [2.45, 2.75) is 43.8 Å². The Morgan fingerprint density at radius 3 is 2.75 bits per heavy atom. The number of hydrogen-bond donors (Lipinski definition) is 4. The molecule has 2 heterocycles. The summed E-state index contributed by atoms with van der Waals surface area (Å²) in [6.07, 6.45) is -0.961. The lowest BCUT2D eigenvalue weighted by Gasteiger charge is -2.24. The molecule has 1 aromatic rings. The Hall–Kier alpha value is -2.01. The van der Waals surface area contributed by atoms with Gasteiger partial charge >= 0.3 is 11.7 Å². The van der Waals surface area contributed by atoms with E-state index in [0.29, 0.717) is 0 Å². The van der Waals surface area contributed by atoms with Crippen LogP contribution in [0.5, 0.6) is 0 Å². The number of carbonyl (C=O) groups excluding carboxylic acids is 1. The monoisotopic (exact) mass is 341 g/mol. The summed E-state index contributed by atoms with van der Waals surface area (Å²) in [7, 11) is 0. The summed E-state index contributed by atoms with van der Waals surface area (Å²) in [6.45, 7) is -0.206. The van der Waals surface area contributed by atoms with Crippen LogP contribution in [0, 0.1) is 5.92 Å². The molecular weight excluding hydrogens is 322 g/mol. The van der Waals surface area contributed by atoms with Gasteiger partial charge in [-0.2, -0.15) is 4.98 Å². The molecule has 0 aromatic carbocycles. The Morgan fingerprint density at radius 2 is 2.17 bits per heavy atom. The van der Waals surface area contributed by atoms with Crippen LogP contribution in [0.25, 0.3) is 0 Å². The second-order valence-corrected chi connectivity index (χ2v) is 5.92. The average molecular weight is 341 g/mol. The highest BCUT2D eigenvalue weighted by Gasteiger charge is 2.45. The van der Waals surface area contributed by atoms with Crippen LogP contribution >= 0.6 is 0 Å². The third-order valence-electron chi connectivity index (χ3n) is 4.38. The number of aliphatic hydroxyl groups excluding tert-OH is 2. The fourth-order valence-electron chi connectivity index (χ4n) is 2.69. The molecule has 0 bridgehead atoms. The van der Waals surface area contributed by atoms with Crippen molar-refractivity contribution in [1.29, 1.82) is 0 Å². The highest BCUT2D eigenvalue weighted by Crippen LogP contribution is 2.30. The lowest BCUT2D eigenvalue weighted by atomic mass is 9.86. The maximum atomic E-state index is 11.9. The number of hydrogen-bond acceptors (Lipinski definition) is 9. The van der Waals surface area contributed by atoms with Gasteiger partial charge in [0.15, 0.2) is 12.0 Å². The third kappa shape index (κ3) is 3.13. The molecule has 0 amide bonds. The Bertz CT molecular complexity index is 660. The minimum atomic E-state index is -1.38. The largest absolute Gasteiger partial charge is 0.463 e. The van der Waals surface area contributed by atoms with Crippen molar-refractivity contribution in [1.82, 2.24) is 9.55 Å². The molecule has 2 aliphatic rings. The molecule has 10 heteroatoms. The highest BCUT2D eigenvalue weighted by molar-refractivity contribution is 5.73. The third-order valence-corrected chi connectivity index (χ3v) is 4.38. The number of nitrogens with zero attached hydrogens (tertiary/aromatic N) is 2. The van der Waals surface area contributed by atoms with Crippen molar-refractivity contribution < 1.29 is 29.7 Å². The lowest BCUT2D eigenvalue weighted by molar-refractivity contribution is -0.157. The predicted molar refractivity (Wildman–Crippen MR) is 78.1 cm³/mol. The average Bonchev–Trinajstić information content (AvgIpc) is 2.79. The number of nitrogens with one attached hydrogen (secondary N) is 1. The van der Waals surface area contributed by atoms with Crippen molar-refractivity contribution >= 4 is 11.8 Å². The Morgan fingerprint density at radius 1 is 1.42 bits per heavy atom. The standard InChI is InChI=1S/C14H19N3O7/c18-10-8(6-23-13(20)7-2-1-3-7)24-12(11(10)19)17-5-4-9(16-22)15-14(17)21/h4-5,7-8,10-12,18-19,22H,1-3,6H2,(H,15,16,21)/t8-,10-,11-,12-/m1/s1. The summed E-state index contributed by atoms with van der Waals surface area (Å²) >= 11 is 0. The smallest absolute Gasteiger partial charge is 0.351 e. The van der Waals surface area contributed by atoms with Crippen molar-refractivity contribution in [2.75, 3.05) is 12.1 Å². The molecule has 10 nitrogen and oxygen atoms in total. The van der Waals surface area contributed by atoms with Crippen molar-refractivity contribution in [3.05, 3.63) is 22.7 Å². The van der Waals surface area contributed by atoms with Crippen LogP contribution < -0.4 is 11.2 Å². The summed E-state index contributed by atoms with van der Waals surface area (Å²) in [5, 5.41) is 28.9. The van der Waals surface area contributed by atoms with E-state index in [1.807, 2.05) is 0 Å². The molecule has 3 rings (SSSR count). The van der Waals surface area contributed by atoms with Gasteiger partial charge in [-0.15, -0.1) is 0 Å². The highest BCUT2D eigenvalue weighted by atomic mass is 16.6. The van der Waals surface area contributed by atoms with Crippen LogP contribution in [0.15, 0.2) is 17.1 Å². The Kier molecular flexibility index (Phi) is 4.81. The van der Waals surface area contributed by atoms with E-state index in [0.717, 1.165) is 23.8 Å². The zero-order valence-corrected chi connectivity index (χ0v) is 12.7. The normalized spacial score (nSPS) is 30.0. The zero-order valence-electron chi connectivity index (χ0n) is 12.7. The first-order valence-corrected chi connectivity index (χ1v) is 7.69. The van der Waals surface area contributed by atoms with Gasteiger partial charge in [0.05, 0.1) is 5.92 Å². The van der Waals surface area contributed by atoms with E-state index >= 15 is 0 Å². The van der Waals surface area contributed by atoms with Gasteiger partial charge in [0.1, 0.15) is 24.9 Å². The number of carbonyl (C=O) groups is 1. The zero-order chi connectivity index (χ0) is 17.3. The summed E-state index contributed by atoms with van der Waals surface area (Å²) in [4.78, 5) is 27.1. The molecule has 0 radical (unpaired) electrons. The lowest BCUT2D eigenvalue weighted by Crippen LogP contribution is -2.37. The molecule has 4 N–H and O–H groups in total. The minimum absolute atomic E-state index is 0.0599. The van der Waals surface area contributed by atoms with Crippen LogP contribution in [0.4, 0.5) is 5.82 Å². The Balaban J connectivity index is 1.66. The van der Waals surface area contributed by atoms with Crippen LogP contribution in [-0.2, 0) is 14.3 Å². The van der Waals surface area contributed by atoms with Gasteiger partial charge in [0.25, 0.3) is 0 Å². The molecule has 1 saturated carbocycles. The van der Waals surface area contributed by atoms with Crippen LogP contribution in [0.2, 0.25) is 0 Å². The maximum absolute atomic E-state index is 11.9. The fourth-order valence-corrected chi connectivity index (χ4v) is 2.69. The molecule has 0 spiro atoms. The van der Waals surface area contributed by atoms with Gasteiger partial charge in [0.2, 0.25) is 0 Å². The van der Waals surface area contributed by atoms with E-state index in [-0.39, 0.29) is 24.3 Å². The van der Waals surface area contributed by atoms with E-state index in [2.05, 4.69) is 4.98 Å². The fraction of sp³-hybridized carbons (Fsp3) is 0.643. The first kappa shape index (κ1) is 16.8. The van der Waals surface area contributed by atoms with E-state index < -0.39 is 30.2 Å². The van der Waals surface area contributed by atoms with Gasteiger partial charge in [-0.3, -0.25) is 20.0 Å². The number of aromatic nitrogens is 2. The first-order valence-electron chi connectivity index (χ1n) is 7.69. The van der Waals surface area contributed by atoms with Crippen molar-refractivity contribution in [3.8, 4) is 0 Å². The molecule has 1 aliphatic heterocycles. The minimum Gasteiger partial charge on any atom is -0.463 e. The topological polar surface area (TPSA) is 143 Å². The van der Waals surface area contributed by atoms with Crippen molar-refractivity contribution in [3.63, 3.8) is 0 Å². The number of ether oxygens (including phenoxy) is 2. The molecule has 1 saturated heterocycles. The second kappa shape index (κ2) is 6.85. The second-order valence-electron chi connectivity index (χ2n) is 5.92. The summed E-state index contributed by atoms with van der Waals surface area (Å²) in [6, 6.07) is 1.30. The van der Waals surface area contributed by atoms with Gasteiger partial charge in [-0.1, -0.05) is 6.42 Å². The molecule has 0 unspecified atom stereocenters. The molecule has 1 aliphatic carbocycles. The molecular formula is C14H19N3O7.